The lowest BCUT2D eigenvalue weighted by molar-refractivity contribution is 0.0948. The molecule has 30 heavy (non-hydrogen) atoms. The van der Waals surface area contributed by atoms with E-state index in [0.29, 0.717) is 23.7 Å². The fraction of sp³-hybridized carbons (Fsp3) is 0.304. The number of nitrogens with zero attached hydrogens (tertiary/aromatic N) is 1. The second-order valence-corrected chi connectivity index (χ2v) is 8.55. The molecule has 0 fully saturated rings. The molecule has 156 valence electrons. The summed E-state index contributed by atoms with van der Waals surface area (Å²) < 4.78 is 11.0. The van der Waals surface area contributed by atoms with Crippen LogP contribution >= 0.6 is 22.9 Å². The standard InChI is InChI=1S/C23H23ClN2O3S/c1-2-28-19-10-9-16(24)12-15(19)13-26-23-21(18-7-3-4-8-20(18)30-23)22(27)25-14-17-6-5-11-29-17/h5-6,9-13H,2-4,7-8,14H2,1H3,(H,25,27). The summed E-state index contributed by atoms with van der Waals surface area (Å²) in [5.41, 5.74) is 2.60. The van der Waals surface area contributed by atoms with Crippen molar-refractivity contribution in [1.29, 1.82) is 0 Å². The van der Waals surface area contributed by atoms with Gasteiger partial charge in [0.1, 0.15) is 16.5 Å². The Morgan fingerprint density at radius 2 is 2.20 bits per heavy atom. The number of nitrogens with one attached hydrogen (secondary N) is 1. The van der Waals surface area contributed by atoms with E-state index in [1.54, 1.807) is 29.9 Å². The summed E-state index contributed by atoms with van der Waals surface area (Å²) >= 11 is 7.77. The quantitative estimate of drug-likeness (QED) is 0.459. The van der Waals surface area contributed by atoms with Crippen LogP contribution in [-0.4, -0.2) is 18.7 Å². The van der Waals surface area contributed by atoms with Gasteiger partial charge in [-0.25, -0.2) is 4.99 Å². The van der Waals surface area contributed by atoms with Gasteiger partial charge < -0.3 is 14.5 Å². The molecule has 0 atom stereocenters. The van der Waals surface area contributed by atoms with Gasteiger partial charge in [-0.2, -0.15) is 0 Å². The fourth-order valence-corrected chi connectivity index (χ4v) is 4.99. The number of rotatable bonds is 7. The molecular formula is C23H23ClN2O3S. The lowest BCUT2D eigenvalue weighted by Gasteiger charge is -2.12. The Balaban J connectivity index is 1.64. The van der Waals surface area contributed by atoms with Crippen LogP contribution in [0, 0.1) is 0 Å². The Labute approximate surface area is 184 Å². The number of aryl methyl sites for hydroxylation is 1. The highest BCUT2D eigenvalue weighted by molar-refractivity contribution is 7.16. The summed E-state index contributed by atoms with van der Waals surface area (Å²) in [5.74, 6) is 1.32. The van der Waals surface area contributed by atoms with Gasteiger partial charge in [0, 0.05) is 21.7 Å². The molecule has 1 amide bonds. The van der Waals surface area contributed by atoms with E-state index >= 15 is 0 Å². The van der Waals surface area contributed by atoms with E-state index in [1.165, 1.54) is 4.88 Å². The van der Waals surface area contributed by atoms with E-state index in [9.17, 15) is 4.79 Å². The molecule has 1 aliphatic rings. The van der Waals surface area contributed by atoms with Gasteiger partial charge in [0.25, 0.3) is 5.91 Å². The molecule has 4 rings (SSSR count). The summed E-state index contributed by atoms with van der Waals surface area (Å²) in [6, 6.07) is 9.10. The second kappa shape index (κ2) is 9.49. The van der Waals surface area contributed by atoms with Crippen molar-refractivity contribution in [3.05, 3.63) is 68.9 Å². The number of halogens is 1. The third-order valence-electron chi connectivity index (χ3n) is 4.98. The van der Waals surface area contributed by atoms with E-state index in [0.717, 1.165) is 53.3 Å². The SMILES string of the molecule is CCOc1ccc(Cl)cc1C=Nc1sc2c(c1C(=O)NCc1ccco1)CCCC2. The number of thiophene rings is 1. The number of carbonyl (C=O) groups excluding carboxylic acids is 1. The number of carbonyl (C=O) groups is 1. The predicted octanol–water partition coefficient (Wildman–Crippen LogP) is 5.95. The minimum atomic E-state index is -0.117. The summed E-state index contributed by atoms with van der Waals surface area (Å²) in [6.45, 7) is 2.84. The fourth-order valence-electron chi connectivity index (χ4n) is 3.58. The average Bonchev–Trinajstić information content (AvgIpc) is 3.39. The highest BCUT2D eigenvalue weighted by Gasteiger charge is 2.25. The molecule has 2 heterocycles. The number of hydrogen-bond acceptors (Lipinski definition) is 5. The van der Waals surface area contributed by atoms with Crippen molar-refractivity contribution in [2.45, 2.75) is 39.2 Å². The minimum absolute atomic E-state index is 0.117. The van der Waals surface area contributed by atoms with Gasteiger partial charge in [-0.1, -0.05) is 11.6 Å². The van der Waals surface area contributed by atoms with Crippen LogP contribution in [-0.2, 0) is 19.4 Å². The van der Waals surface area contributed by atoms with Gasteiger partial charge in [0.05, 0.1) is 25.0 Å². The van der Waals surface area contributed by atoms with Gasteiger partial charge in [-0.3, -0.25) is 4.79 Å². The van der Waals surface area contributed by atoms with Crippen molar-refractivity contribution in [3.8, 4) is 5.75 Å². The van der Waals surface area contributed by atoms with Gasteiger partial charge >= 0.3 is 0 Å². The number of ether oxygens (including phenoxy) is 1. The minimum Gasteiger partial charge on any atom is -0.493 e. The first-order valence-electron chi connectivity index (χ1n) is 10.1. The summed E-state index contributed by atoms with van der Waals surface area (Å²) in [4.78, 5) is 19.0. The second-order valence-electron chi connectivity index (χ2n) is 7.03. The number of aliphatic imine (C=N–C) groups is 1. The molecule has 7 heteroatoms. The predicted molar refractivity (Wildman–Crippen MR) is 121 cm³/mol. The molecule has 3 aromatic rings. The van der Waals surface area contributed by atoms with Gasteiger partial charge in [0.2, 0.25) is 0 Å². The third kappa shape index (κ3) is 4.60. The molecule has 0 spiro atoms. The number of benzene rings is 1. The Morgan fingerprint density at radius 3 is 3.00 bits per heavy atom. The Morgan fingerprint density at radius 1 is 1.33 bits per heavy atom. The Hall–Kier alpha value is -2.57. The van der Waals surface area contributed by atoms with Crippen LogP contribution in [0.2, 0.25) is 5.02 Å². The highest BCUT2D eigenvalue weighted by Crippen LogP contribution is 2.40. The van der Waals surface area contributed by atoms with E-state index in [1.807, 2.05) is 31.2 Å². The first kappa shape index (κ1) is 20.7. The number of furan rings is 1. The monoisotopic (exact) mass is 442 g/mol. The lowest BCUT2D eigenvalue weighted by Crippen LogP contribution is -2.23. The van der Waals surface area contributed by atoms with E-state index in [-0.39, 0.29) is 5.91 Å². The number of hydrogen-bond donors (Lipinski definition) is 1. The maximum Gasteiger partial charge on any atom is 0.255 e. The van der Waals surface area contributed by atoms with E-state index < -0.39 is 0 Å². The van der Waals surface area contributed by atoms with Gasteiger partial charge in [0.15, 0.2) is 0 Å². The molecule has 0 unspecified atom stereocenters. The van der Waals surface area contributed by atoms with Gasteiger partial charge in [-0.15, -0.1) is 11.3 Å². The van der Waals surface area contributed by atoms with E-state index in [4.69, 9.17) is 25.7 Å². The zero-order valence-corrected chi connectivity index (χ0v) is 18.3. The highest BCUT2D eigenvalue weighted by atomic mass is 35.5. The summed E-state index contributed by atoms with van der Waals surface area (Å²) in [5, 5.41) is 4.31. The van der Waals surface area contributed by atoms with Crippen LogP contribution in [0.1, 0.15) is 51.9 Å². The molecule has 1 aromatic carbocycles. The van der Waals surface area contributed by atoms with Gasteiger partial charge in [-0.05, 0) is 68.5 Å². The first-order chi connectivity index (χ1) is 14.7. The first-order valence-corrected chi connectivity index (χ1v) is 11.3. The van der Waals surface area contributed by atoms with Crippen molar-refractivity contribution in [3.63, 3.8) is 0 Å². The topological polar surface area (TPSA) is 63.8 Å². The molecule has 1 aliphatic carbocycles. The zero-order valence-electron chi connectivity index (χ0n) is 16.7. The van der Waals surface area contributed by atoms with Crippen molar-refractivity contribution >= 4 is 40.1 Å². The van der Waals surface area contributed by atoms with Crippen LogP contribution in [0.15, 0.2) is 46.0 Å². The van der Waals surface area contributed by atoms with E-state index in [2.05, 4.69) is 5.32 Å². The van der Waals surface area contributed by atoms with Crippen LogP contribution < -0.4 is 10.1 Å². The average molecular weight is 443 g/mol. The Bertz CT molecular complexity index is 1060. The molecule has 5 nitrogen and oxygen atoms in total. The lowest BCUT2D eigenvalue weighted by atomic mass is 9.95. The molecule has 0 aliphatic heterocycles. The van der Waals surface area contributed by atoms with Crippen LogP contribution in [0.3, 0.4) is 0 Å². The maximum absolute atomic E-state index is 13.1. The van der Waals surface area contributed by atoms with Crippen molar-refractivity contribution in [2.24, 2.45) is 4.99 Å². The molecule has 1 N–H and O–H groups in total. The molecule has 2 aromatic heterocycles. The van der Waals surface area contributed by atoms with Crippen LogP contribution in [0.4, 0.5) is 5.00 Å². The molecule has 0 saturated carbocycles. The molecule has 0 radical (unpaired) electrons. The summed E-state index contributed by atoms with van der Waals surface area (Å²) in [7, 11) is 0. The van der Waals surface area contributed by atoms with Crippen LogP contribution in [0.25, 0.3) is 0 Å². The molecular weight excluding hydrogens is 420 g/mol. The summed E-state index contributed by atoms with van der Waals surface area (Å²) in [6.07, 6.45) is 7.48. The number of fused-ring (bicyclic) bond motifs is 1. The maximum atomic E-state index is 13.1. The largest absolute Gasteiger partial charge is 0.493 e. The number of amides is 1. The molecule has 0 saturated heterocycles. The normalized spacial score (nSPS) is 13.4. The molecule has 0 bridgehead atoms. The third-order valence-corrected chi connectivity index (χ3v) is 6.41. The van der Waals surface area contributed by atoms with Crippen LogP contribution in [0.5, 0.6) is 5.75 Å². The van der Waals surface area contributed by atoms with Crippen molar-refractivity contribution in [2.75, 3.05) is 6.61 Å². The van der Waals surface area contributed by atoms with Crippen molar-refractivity contribution in [1.82, 2.24) is 5.32 Å². The van der Waals surface area contributed by atoms with Crippen molar-refractivity contribution < 1.29 is 13.9 Å². The smallest absolute Gasteiger partial charge is 0.255 e. The zero-order chi connectivity index (χ0) is 20.9. The Kier molecular flexibility index (Phi) is 6.55.